The molecule has 0 fully saturated rings. The van der Waals surface area contributed by atoms with Crippen LogP contribution in [0.5, 0.6) is 5.75 Å². The van der Waals surface area contributed by atoms with Crippen molar-refractivity contribution in [3.05, 3.63) is 62.0 Å². The average Bonchev–Trinajstić information content (AvgIpc) is 2.91. The Bertz CT molecular complexity index is 635. The molecule has 1 atom stereocenters. The van der Waals surface area contributed by atoms with Gasteiger partial charge in [0, 0.05) is 15.4 Å². The third-order valence-corrected chi connectivity index (χ3v) is 4.65. The monoisotopic (exact) mass is 410 g/mol. The first kappa shape index (κ1) is 15.1. The lowest BCUT2D eigenvalue weighted by atomic mass is 9.99. The molecular formula is C17H16Br2O2. The maximum absolute atomic E-state index is 10.4. The summed E-state index contributed by atoms with van der Waals surface area (Å²) in [6.45, 7) is 0.785. The topological polar surface area (TPSA) is 29.5 Å². The highest BCUT2D eigenvalue weighted by Gasteiger charge is 2.13. The van der Waals surface area contributed by atoms with Crippen molar-refractivity contribution in [2.24, 2.45) is 0 Å². The molecule has 110 valence electrons. The minimum Gasteiger partial charge on any atom is -0.493 e. The molecule has 21 heavy (non-hydrogen) atoms. The van der Waals surface area contributed by atoms with Crippen LogP contribution >= 0.6 is 31.9 Å². The summed E-state index contributed by atoms with van der Waals surface area (Å²) in [6, 6.07) is 12.2. The van der Waals surface area contributed by atoms with Crippen molar-refractivity contribution >= 4 is 31.9 Å². The molecule has 1 heterocycles. The molecule has 2 nitrogen and oxygen atoms in total. The molecule has 0 saturated heterocycles. The van der Waals surface area contributed by atoms with Crippen molar-refractivity contribution in [3.63, 3.8) is 0 Å². The number of ether oxygens (including phenoxy) is 1. The number of aliphatic hydroxyl groups excluding tert-OH is 1. The van der Waals surface area contributed by atoms with Gasteiger partial charge in [0.05, 0.1) is 12.7 Å². The lowest BCUT2D eigenvalue weighted by Crippen LogP contribution is -2.00. The largest absolute Gasteiger partial charge is 0.493 e. The van der Waals surface area contributed by atoms with Gasteiger partial charge >= 0.3 is 0 Å². The Labute approximate surface area is 141 Å². The lowest BCUT2D eigenvalue weighted by Gasteiger charge is -2.12. The van der Waals surface area contributed by atoms with Gasteiger partial charge in [0.25, 0.3) is 0 Å². The highest BCUT2D eigenvalue weighted by Crippen LogP contribution is 2.29. The summed E-state index contributed by atoms with van der Waals surface area (Å²) in [5, 5.41) is 10.4. The van der Waals surface area contributed by atoms with E-state index in [1.165, 1.54) is 11.1 Å². The van der Waals surface area contributed by atoms with E-state index < -0.39 is 6.10 Å². The highest BCUT2D eigenvalue weighted by atomic mass is 79.9. The van der Waals surface area contributed by atoms with Crippen molar-refractivity contribution < 1.29 is 9.84 Å². The summed E-state index contributed by atoms with van der Waals surface area (Å²) in [5.74, 6) is 1.01. The van der Waals surface area contributed by atoms with Crippen LogP contribution in [0.4, 0.5) is 0 Å². The molecule has 0 amide bonds. The highest BCUT2D eigenvalue weighted by molar-refractivity contribution is 9.11. The SMILES string of the molecule is OC(CCc1ccc2c(c1)CCO2)c1cc(Br)cc(Br)c1. The van der Waals surface area contributed by atoms with Crippen LogP contribution in [0, 0.1) is 0 Å². The number of hydrogen-bond donors (Lipinski definition) is 1. The first-order chi connectivity index (χ1) is 10.1. The zero-order chi connectivity index (χ0) is 14.8. The molecule has 3 rings (SSSR count). The Balaban J connectivity index is 1.66. The second-order valence-corrected chi connectivity index (χ2v) is 7.13. The maximum Gasteiger partial charge on any atom is 0.122 e. The van der Waals surface area contributed by atoms with Crippen LogP contribution in [0.15, 0.2) is 45.3 Å². The van der Waals surface area contributed by atoms with Crippen LogP contribution in [0.1, 0.15) is 29.2 Å². The molecule has 1 N–H and O–H groups in total. The van der Waals surface area contributed by atoms with Gasteiger partial charge in [0.15, 0.2) is 0 Å². The van der Waals surface area contributed by atoms with Gasteiger partial charge in [0.2, 0.25) is 0 Å². The number of fused-ring (bicyclic) bond motifs is 1. The number of halogens is 2. The summed E-state index contributed by atoms with van der Waals surface area (Å²) in [7, 11) is 0. The van der Waals surface area contributed by atoms with Gasteiger partial charge in [-0.3, -0.25) is 0 Å². The van der Waals surface area contributed by atoms with Gasteiger partial charge in [-0.15, -0.1) is 0 Å². The van der Waals surface area contributed by atoms with E-state index in [1.54, 1.807) is 0 Å². The Morgan fingerprint density at radius 2 is 1.86 bits per heavy atom. The number of aryl methyl sites for hydroxylation is 1. The maximum atomic E-state index is 10.4. The molecule has 0 saturated carbocycles. The second kappa shape index (κ2) is 6.51. The van der Waals surface area contributed by atoms with E-state index in [1.807, 2.05) is 24.3 Å². The van der Waals surface area contributed by atoms with Gasteiger partial charge in [-0.1, -0.05) is 44.0 Å². The molecule has 1 aliphatic heterocycles. The summed E-state index contributed by atoms with van der Waals surface area (Å²) in [5.41, 5.74) is 3.47. The van der Waals surface area contributed by atoms with Crippen LogP contribution in [0.25, 0.3) is 0 Å². The van der Waals surface area contributed by atoms with Gasteiger partial charge in [0.1, 0.15) is 5.75 Å². The Hall–Kier alpha value is -0.840. The molecule has 1 aliphatic rings. The van der Waals surface area contributed by atoms with E-state index in [2.05, 4.69) is 44.0 Å². The summed E-state index contributed by atoms with van der Waals surface area (Å²) in [4.78, 5) is 0. The summed E-state index contributed by atoms with van der Waals surface area (Å²) in [6.07, 6.45) is 2.11. The predicted molar refractivity (Wildman–Crippen MR) is 90.8 cm³/mol. The molecule has 1 unspecified atom stereocenters. The van der Waals surface area contributed by atoms with Crippen molar-refractivity contribution in [2.75, 3.05) is 6.61 Å². The number of hydrogen-bond acceptors (Lipinski definition) is 2. The number of benzene rings is 2. The van der Waals surface area contributed by atoms with Crippen LogP contribution in [0.3, 0.4) is 0 Å². The minimum atomic E-state index is -0.455. The lowest BCUT2D eigenvalue weighted by molar-refractivity contribution is 0.167. The summed E-state index contributed by atoms with van der Waals surface area (Å²) >= 11 is 6.91. The van der Waals surface area contributed by atoms with Crippen LogP contribution in [0.2, 0.25) is 0 Å². The normalized spacial score (nSPS) is 14.6. The number of aliphatic hydroxyl groups is 1. The minimum absolute atomic E-state index is 0.455. The van der Waals surface area contributed by atoms with Gasteiger partial charge < -0.3 is 9.84 Å². The molecular weight excluding hydrogens is 396 g/mol. The van der Waals surface area contributed by atoms with Crippen molar-refractivity contribution in [1.82, 2.24) is 0 Å². The quantitative estimate of drug-likeness (QED) is 0.781. The molecule has 0 aliphatic carbocycles. The van der Waals surface area contributed by atoms with Crippen molar-refractivity contribution in [2.45, 2.75) is 25.4 Å². The third kappa shape index (κ3) is 3.68. The van der Waals surface area contributed by atoms with E-state index in [4.69, 9.17) is 4.74 Å². The first-order valence-corrected chi connectivity index (χ1v) is 8.59. The van der Waals surface area contributed by atoms with Crippen molar-refractivity contribution in [3.8, 4) is 5.75 Å². The summed E-state index contributed by atoms with van der Waals surface area (Å²) < 4.78 is 7.46. The zero-order valence-corrected chi connectivity index (χ0v) is 14.7. The fourth-order valence-corrected chi connectivity index (χ4v) is 3.96. The van der Waals surface area contributed by atoms with Crippen LogP contribution in [-0.4, -0.2) is 11.7 Å². The third-order valence-electron chi connectivity index (χ3n) is 3.73. The van der Waals surface area contributed by atoms with E-state index in [0.29, 0.717) is 6.42 Å². The van der Waals surface area contributed by atoms with Crippen molar-refractivity contribution in [1.29, 1.82) is 0 Å². The van der Waals surface area contributed by atoms with Gasteiger partial charge in [-0.25, -0.2) is 0 Å². The molecule has 0 radical (unpaired) electrons. The molecule has 0 bridgehead atoms. The van der Waals surface area contributed by atoms with E-state index in [0.717, 1.165) is 39.7 Å². The average molecular weight is 412 g/mol. The van der Waals surface area contributed by atoms with Gasteiger partial charge in [-0.2, -0.15) is 0 Å². The fourth-order valence-electron chi connectivity index (χ4n) is 2.63. The van der Waals surface area contributed by atoms with E-state index in [9.17, 15) is 5.11 Å². The zero-order valence-electron chi connectivity index (χ0n) is 11.5. The molecule has 2 aromatic carbocycles. The Kier molecular flexibility index (Phi) is 4.67. The standard InChI is InChI=1S/C17H16Br2O2/c18-14-8-13(9-15(19)10-14)16(20)3-1-11-2-4-17-12(7-11)5-6-21-17/h2,4,7-10,16,20H,1,3,5-6H2. The van der Waals surface area contributed by atoms with Crippen LogP contribution < -0.4 is 4.74 Å². The van der Waals surface area contributed by atoms with E-state index >= 15 is 0 Å². The smallest absolute Gasteiger partial charge is 0.122 e. The van der Waals surface area contributed by atoms with Crippen LogP contribution in [-0.2, 0) is 12.8 Å². The first-order valence-electron chi connectivity index (χ1n) is 7.00. The molecule has 2 aromatic rings. The second-order valence-electron chi connectivity index (χ2n) is 5.30. The Morgan fingerprint density at radius 1 is 1.10 bits per heavy atom. The number of rotatable bonds is 4. The predicted octanol–water partition coefficient (Wildman–Crippen LogP) is 4.81. The Morgan fingerprint density at radius 3 is 2.62 bits per heavy atom. The molecule has 0 aromatic heterocycles. The van der Waals surface area contributed by atoms with Gasteiger partial charge in [-0.05, 0) is 53.8 Å². The van der Waals surface area contributed by atoms with E-state index in [-0.39, 0.29) is 0 Å². The molecule has 4 heteroatoms. The molecule has 0 spiro atoms. The fraction of sp³-hybridized carbons (Fsp3) is 0.294.